The highest BCUT2D eigenvalue weighted by Gasteiger charge is 2.69. The average molecular weight is 463 g/mol. The Morgan fingerprint density at radius 1 is 0.939 bits per heavy atom. The second kappa shape index (κ2) is 7.45. The van der Waals surface area contributed by atoms with Crippen LogP contribution in [0.25, 0.3) is 0 Å². The summed E-state index contributed by atoms with van der Waals surface area (Å²) < 4.78 is 32.4. The van der Waals surface area contributed by atoms with E-state index in [1.54, 1.807) is 48.5 Å². The molecule has 7 nitrogen and oxygen atoms in total. The van der Waals surface area contributed by atoms with Gasteiger partial charge in [-0.2, -0.15) is 0 Å². The zero-order valence-corrected chi connectivity index (χ0v) is 19.0. The fraction of sp³-hybridized carbons (Fsp3) is 0.200. The first-order valence-electron chi connectivity index (χ1n) is 10.5. The molecule has 1 atom stereocenters. The Bertz CT molecular complexity index is 1380. The Hall–Kier alpha value is -3.65. The van der Waals surface area contributed by atoms with Crippen LogP contribution in [0.5, 0.6) is 5.75 Å². The molecule has 2 heterocycles. The summed E-state index contributed by atoms with van der Waals surface area (Å²) in [6.45, 7) is 2.14. The number of sulfone groups is 1. The minimum absolute atomic E-state index is 0.199. The van der Waals surface area contributed by atoms with Gasteiger partial charge in [0.1, 0.15) is 11.5 Å². The summed E-state index contributed by atoms with van der Waals surface area (Å²) in [6, 6.07) is 20.9. The summed E-state index contributed by atoms with van der Waals surface area (Å²) in [5.74, 6) is -1.46. The molecule has 0 aromatic heterocycles. The first-order chi connectivity index (χ1) is 15.8. The van der Waals surface area contributed by atoms with Crippen LogP contribution < -0.4 is 14.5 Å². The van der Waals surface area contributed by atoms with Gasteiger partial charge in [0.15, 0.2) is 9.84 Å². The number of amides is 2. The summed E-state index contributed by atoms with van der Waals surface area (Å²) in [5.41, 5.74) is 2.99. The van der Waals surface area contributed by atoms with E-state index in [-0.39, 0.29) is 6.54 Å². The average Bonchev–Trinajstić information content (AvgIpc) is 3.18. The van der Waals surface area contributed by atoms with Crippen LogP contribution in [0.15, 0.2) is 72.8 Å². The highest BCUT2D eigenvalue weighted by atomic mass is 32.2. The van der Waals surface area contributed by atoms with Gasteiger partial charge in [-0.15, -0.1) is 0 Å². The molecular formula is C25H22N2O5S. The maximum absolute atomic E-state index is 14.1. The number of para-hydroxylation sites is 1. The van der Waals surface area contributed by atoms with E-state index in [1.165, 1.54) is 12.0 Å². The lowest BCUT2D eigenvalue weighted by Crippen LogP contribution is -2.54. The van der Waals surface area contributed by atoms with Crippen LogP contribution in [0.1, 0.15) is 16.7 Å². The first-order valence-corrected chi connectivity index (χ1v) is 12.1. The third-order valence-electron chi connectivity index (χ3n) is 6.34. The van der Waals surface area contributed by atoms with Crippen molar-refractivity contribution in [2.75, 3.05) is 22.7 Å². The predicted octanol–water partition coefficient (Wildman–Crippen LogP) is 3.16. The SMILES string of the molecule is COc1ccc(N2C(=O)CS(=O)(=O)[C@]23C(=O)N(Cc2ccccc2C)c2ccccc23)cc1. The number of nitrogens with zero attached hydrogens (tertiary/aromatic N) is 2. The van der Waals surface area contributed by atoms with E-state index in [2.05, 4.69) is 0 Å². The molecule has 0 bridgehead atoms. The van der Waals surface area contributed by atoms with Crippen molar-refractivity contribution in [1.82, 2.24) is 0 Å². The number of carbonyl (C=O) groups is 2. The molecular weight excluding hydrogens is 440 g/mol. The molecule has 3 aromatic rings. The maximum atomic E-state index is 14.1. The van der Waals surface area contributed by atoms with Crippen molar-refractivity contribution in [2.45, 2.75) is 18.3 Å². The molecule has 2 amide bonds. The highest BCUT2D eigenvalue weighted by molar-refractivity contribution is 7.94. The second-order valence-electron chi connectivity index (χ2n) is 8.17. The molecule has 168 valence electrons. The minimum atomic E-state index is -4.19. The Balaban J connectivity index is 1.72. The van der Waals surface area contributed by atoms with Crippen LogP contribution in [0.2, 0.25) is 0 Å². The van der Waals surface area contributed by atoms with Gasteiger partial charge in [0, 0.05) is 11.3 Å². The van der Waals surface area contributed by atoms with E-state index in [0.29, 0.717) is 22.7 Å². The molecule has 2 aliphatic rings. The van der Waals surface area contributed by atoms with Gasteiger partial charge in [0.2, 0.25) is 5.91 Å². The predicted molar refractivity (Wildman–Crippen MR) is 125 cm³/mol. The number of rotatable bonds is 4. The number of methoxy groups -OCH3 is 1. The van der Waals surface area contributed by atoms with Crippen LogP contribution in [0.3, 0.4) is 0 Å². The number of hydrogen-bond donors (Lipinski definition) is 0. The number of ether oxygens (including phenoxy) is 1. The molecule has 3 aromatic carbocycles. The number of fused-ring (bicyclic) bond motifs is 2. The van der Waals surface area contributed by atoms with E-state index >= 15 is 0 Å². The minimum Gasteiger partial charge on any atom is -0.497 e. The van der Waals surface area contributed by atoms with Gasteiger partial charge in [0.25, 0.3) is 10.8 Å². The lowest BCUT2D eigenvalue weighted by atomic mass is 10.0. The number of aryl methyl sites for hydroxylation is 1. The lowest BCUT2D eigenvalue weighted by Gasteiger charge is -2.32. The number of carbonyl (C=O) groups excluding carboxylic acids is 2. The van der Waals surface area contributed by atoms with Crippen molar-refractivity contribution < 1.29 is 22.7 Å². The zero-order valence-electron chi connectivity index (χ0n) is 18.2. The number of hydrogen-bond acceptors (Lipinski definition) is 5. The molecule has 0 saturated carbocycles. The van der Waals surface area contributed by atoms with Crippen molar-refractivity contribution in [3.8, 4) is 5.75 Å². The number of benzene rings is 3. The Labute approximate surface area is 192 Å². The Morgan fingerprint density at radius 3 is 2.30 bits per heavy atom. The van der Waals surface area contributed by atoms with Gasteiger partial charge in [-0.25, -0.2) is 8.42 Å². The standard InChI is InChI=1S/C25H22N2O5S/c1-17-7-3-4-8-18(17)15-26-22-10-6-5-9-21(22)25(24(26)29)27(23(28)16-33(25,30)31)19-11-13-20(32-2)14-12-19/h3-14H,15-16H2,1-2H3/t25-/m1/s1. The van der Waals surface area contributed by atoms with Crippen molar-refractivity contribution in [2.24, 2.45) is 0 Å². The Morgan fingerprint density at radius 2 is 1.61 bits per heavy atom. The van der Waals surface area contributed by atoms with E-state index in [1.807, 2.05) is 31.2 Å². The molecule has 1 spiro atoms. The molecule has 1 fully saturated rings. The second-order valence-corrected chi connectivity index (χ2v) is 10.3. The molecule has 8 heteroatoms. The van der Waals surface area contributed by atoms with Gasteiger partial charge in [-0.1, -0.05) is 42.5 Å². The third kappa shape index (κ3) is 2.90. The molecule has 1 saturated heterocycles. The van der Waals surface area contributed by atoms with Gasteiger partial charge < -0.3 is 9.64 Å². The molecule has 33 heavy (non-hydrogen) atoms. The zero-order chi connectivity index (χ0) is 23.4. The molecule has 5 rings (SSSR count). The highest BCUT2D eigenvalue weighted by Crippen LogP contribution is 2.52. The van der Waals surface area contributed by atoms with Crippen LogP contribution in [0.4, 0.5) is 11.4 Å². The van der Waals surface area contributed by atoms with Crippen LogP contribution in [0, 0.1) is 6.92 Å². The summed E-state index contributed by atoms with van der Waals surface area (Å²) in [7, 11) is -2.68. The van der Waals surface area contributed by atoms with E-state index in [0.717, 1.165) is 16.0 Å². The van der Waals surface area contributed by atoms with Crippen molar-refractivity contribution in [3.05, 3.63) is 89.5 Å². The van der Waals surface area contributed by atoms with E-state index < -0.39 is 32.3 Å². The van der Waals surface area contributed by atoms with Gasteiger partial charge in [-0.05, 0) is 48.4 Å². The smallest absolute Gasteiger partial charge is 0.274 e. The topological polar surface area (TPSA) is 84.0 Å². The fourth-order valence-electron chi connectivity index (χ4n) is 4.74. The normalized spacial score (nSPS) is 21.0. The van der Waals surface area contributed by atoms with Crippen molar-refractivity contribution >= 4 is 33.0 Å². The molecule has 2 aliphatic heterocycles. The monoisotopic (exact) mass is 462 g/mol. The van der Waals surface area contributed by atoms with E-state index in [9.17, 15) is 18.0 Å². The summed E-state index contributed by atoms with van der Waals surface area (Å²) in [5, 5.41) is 0. The lowest BCUT2D eigenvalue weighted by molar-refractivity contribution is -0.123. The molecule has 0 aliphatic carbocycles. The molecule has 0 radical (unpaired) electrons. The summed E-state index contributed by atoms with van der Waals surface area (Å²) >= 11 is 0. The molecule has 0 unspecified atom stereocenters. The summed E-state index contributed by atoms with van der Waals surface area (Å²) in [4.78, 5) is 27.7. The molecule has 0 N–H and O–H groups in total. The van der Waals surface area contributed by atoms with Crippen LogP contribution in [-0.4, -0.2) is 33.1 Å². The summed E-state index contributed by atoms with van der Waals surface area (Å²) in [6.07, 6.45) is 0. The maximum Gasteiger partial charge on any atom is 0.274 e. The van der Waals surface area contributed by atoms with E-state index in [4.69, 9.17) is 4.74 Å². The Kier molecular flexibility index (Phi) is 4.79. The van der Waals surface area contributed by atoms with Crippen LogP contribution >= 0.6 is 0 Å². The van der Waals surface area contributed by atoms with Crippen molar-refractivity contribution in [1.29, 1.82) is 0 Å². The van der Waals surface area contributed by atoms with Gasteiger partial charge in [0.05, 0.1) is 19.3 Å². The number of anilines is 2. The first kappa shape index (κ1) is 21.2. The fourth-order valence-corrected chi connectivity index (χ4v) is 6.77. The van der Waals surface area contributed by atoms with Gasteiger partial charge in [-0.3, -0.25) is 14.5 Å². The quantitative estimate of drug-likeness (QED) is 0.595. The van der Waals surface area contributed by atoms with Crippen LogP contribution in [-0.2, 0) is 30.8 Å². The van der Waals surface area contributed by atoms with Gasteiger partial charge >= 0.3 is 0 Å². The largest absolute Gasteiger partial charge is 0.497 e. The third-order valence-corrected chi connectivity index (χ3v) is 8.45. The van der Waals surface area contributed by atoms with Crippen molar-refractivity contribution in [3.63, 3.8) is 0 Å².